The van der Waals surface area contributed by atoms with E-state index in [0.29, 0.717) is 17.4 Å². The van der Waals surface area contributed by atoms with Gasteiger partial charge in [0.1, 0.15) is 11.0 Å². The number of benzene rings is 2. The summed E-state index contributed by atoms with van der Waals surface area (Å²) in [4.78, 5) is 28.7. The molecule has 0 saturated carbocycles. The molecule has 0 aliphatic carbocycles. The van der Waals surface area contributed by atoms with Crippen LogP contribution < -0.4 is 10.6 Å². The van der Waals surface area contributed by atoms with Gasteiger partial charge in [-0.05, 0) is 35.0 Å². The molecule has 2 aromatic carbocycles. The molecule has 3 aromatic rings. The normalized spacial score (nSPS) is 18.0. The number of thioether (sulfide) groups is 1. The van der Waals surface area contributed by atoms with Gasteiger partial charge >= 0.3 is 0 Å². The first-order valence-electron chi connectivity index (χ1n) is 8.50. The van der Waals surface area contributed by atoms with Crippen molar-refractivity contribution in [2.24, 2.45) is 4.99 Å². The van der Waals surface area contributed by atoms with Gasteiger partial charge in [-0.25, -0.2) is 0 Å². The Morgan fingerprint density at radius 3 is 2.81 bits per heavy atom. The van der Waals surface area contributed by atoms with Crippen LogP contribution in [0.25, 0.3) is 10.8 Å². The maximum Gasteiger partial charge on any atom is 0.240 e. The van der Waals surface area contributed by atoms with E-state index in [-0.39, 0.29) is 18.2 Å². The summed E-state index contributed by atoms with van der Waals surface area (Å²) in [6.45, 7) is 0.353. The molecule has 1 saturated heterocycles. The highest BCUT2D eigenvalue weighted by molar-refractivity contribution is 8.15. The minimum absolute atomic E-state index is 0.0864. The monoisotopic (exact) mass is 379 g/mol. The van der Waals surface area contributed by atoms with Crippen LogP contribution in [0.15, 0.2) is 70.3 Å². The number of nitrogens with one attached hydrogen (secondary N) is 2. The summed E-state index contributed by atoms with van der Waals surface area (Å²) in [5, 5.41) is 7.77. The molecule has 6 nitrogen and oxygen atoms in total. The maximum atomic E-state index is 12.3. The molecule has 0 spiro atoms. The topological polar surface area (TPSA) is 83.7 Å². The number of aliphatic imine (C=N–C) groups is 1. The van der Waals surface area contributed by atoms with Crippen molar-refractivity contribution >= 4 is 45.2 Å². The second-order valence-electron chi connectivity index (χ2n) is 6.11. The van der Waals surface area contributed by atoms with Crippen LogP contribution >= 0.6 is 11.8 Å². The minimum Gasteiger partial charge on any atom is -0.467 e. The van der Waals surface area contributed by atoms with Gasteiger partial charge in [0.2, 0.25) is 11.8 Å². The first-order valence-corrected chi connectivity index (χ1v) is 9.38. The number of fused-ring (bicyclic) bond motifs is 1. The third kappa shape index (κ3) is 4.20. The molecule has 0 bridgehead atoms. The summed E-state index contributed by atoms with van der Waals surface area (Å²) < 4.78 is 5.22. The average molecular weight is 379 g/mol. The highest BCUT2D eigenvalue weighted by atomic mass is 32.2. The van der Waals surface area contributed by atoms with E-state index in [1.807, 2.05) is 48.5 Å². The Hall–Kier alpha value is -3.06. The van der Waals surface area contributed by atoms with Crippen molar-refractivity contribution in [2.75, 3.05) is 5.32 Å². The largest absolute Gasteiger partial charge is 0.467 e. The number of rotatable bonds is 5. The number of amides is 2. The molecule has 136 valence electrons. The summed E-state index contributed by atoms with van der Waals surface area (Å²) in [7, 11) is 0. The van der Waals surface area contributed by atoms with E-state index in [1.54, 1.807) is 12.3 Å². The third-order valence-corrected chi connectivity index (χ3v) is 5.26. The van der Waals surface area contributed by atoms with E-state index >= 15 is 0 Å². The van der Waals surface area contributed by atoms with Gasteiger partial charge in [0.25, 0.3) is 0 Å². The van der Waals surface area contributed by atoms with Crippen molar-refractivity contribution < 1.29 is 14.0 Å². The van der Waals surface area contributed by atoms with Gasteiger partial charge in [-0.15, -0.1) is 0 Å². The summed E-state index contributed by atoms with van der Waals surface area (Å²) in [5.74, 6) is 0.312. The Labute approximate surface area is 160 Å². The molecule has 7 heteroatoms. The quantitative estimate of drug-likeness (QED) is 0.710. The molecule has 2 amide bonds. The maximum absolute atomic E-state index is 12.3. The van der Waals surface area contributed by atoms with Crippen LogP contribution in [-0.2, 0) is 16.1 Å². The van der Waals surface area contributed by atoms with Gasteiger partial charge < -0.3 is 15.1 Å². The predicted octanol–water partition coefficient (Wildman–Crippen LogP) is 3.55. The summed E-state index contributed by atoms with van der Waals surface area (Å²) in [5.41, 5.74) is 0.716. The molecular weight excluding hydrogens is 362 g/mol. The second kappa shape index (κ2) is 7.67. The van der Waals surface area contributed by atoms with Gasteiger partial charge in [-0.3, -0.25) is 14.6 Å². The summed E-state index contributed by atoms with van der Waals surface area (Å²) >= 11 is 1.27. The van der Waals surface area contributed by atoms with Crippen molar-refractivity contribution in [3.63, 3.8) is 0 Å². The van der Waals surface area contributed by atoms with Crippen LogP contribution in [0, 0.1) is 0 Å². The fourth-order valence-electron chi connectivity index (χ4n) is 2.81. The van der Waals surface area contributed by atoms with Crippen LogP contribution in [0.4, 0.5) is 5.69 Å². The minimum atomic E-state index is -0.485. The predicted molar refractivity (Wildman–Crippen MR) is 107 cm³/mol. The zero-order valence-corrected chi connectivity index (χ0v) is 15.2. The summed E-state index contributed by atoms with van der Waals surface area (Å²) in [6, 6.07) is 17.3. The van der Waals surface area contributed by atoms with Crippen LogP contribution in [0.1, 0.15) is 12.2 Å². The molecule has 27 heavy (non-hydrogen) atoms. The number of furan rings is 1. The lowest BCUT2D eigenvalue weighted by Gasteiger charge is -2.08. The highest BCUT2D eigenvalue weighted by Gasteiger charge is 2.32. The first-order chi connectivity index (χ1) is 13.2. The van der Waals surface area contributed by atoms with Crippen LogP contribution in [0.2, 0.25) is 0 Å². The van der Waals surface area contributed by atoms with Crippen molar-refractivity contribution in [3.8, 4) is 0 Å². The van der Waals surface area contributed by atoms with Gasteiger partial charge in [-0.2, -0.15) is 0 Å². The molecule has 4 rings (SSSR count). The molecule has 0 radical (unpaired) electrons. The van der Waals surface area contributed by atoms with Crippen molar-refractivity contribution in [1.82, 2.24) is 5.32 Å². The van der Waals surface area contributed by atoms with E-state index in [0.717, 1.165) is 16.5 Å². The van der Waals surface area contributed by atoms with Crippen LogP contribution in [-0.4, -0.2) is 22.2 Å². The first kappa shape index (κ1) is 17.4. The Balaban J connectivity index is 1.35. The van der Waals surface area contributed by atoms with E-state index < -0.39 is 5.25 Å². The number of carbonyl (C=O) groups excluding carboxylic acids is 2. The van der Waals surface area contributed by atoms with Crippen LogP contribution in [0.5, 0.6) is 0 Å². The van der Waals surface area contributed by atoms with Crippen molar-refractivity contribution in [1.29, 1.82) is 0 Å². The second-order valence-corrected chi connectivity index (χ2v) is 7.30. The zero-order chi connectivity index (χ0) is 18.6. The molecule has 1 aliphatic rings. The molecular formula is C20H17N3O3S. The van der Waals surface area contributed by atoms with Crippen molar-refractivity contribution in [2.45, 2.75) is 18.2 Å². The standard InChI is InChI=1S/C20H17N3O3S/c24-18(22-15-8-7-13-4-1-2-5-14(13)10-15)11-17-19(25)23-20(27-17)21-12-16-6-3-9-26-16/h1-10,17H,11-12H2,(H,22,24)(H,21,23,25). The van der Waals surface area contributed by atoms with Gasteiger partial charge in [-0.1, -0.05) is 42.1 Å². The Bertz CT molecular complexity index is 1010. The lowest BCUT2D eigenvalue weighted by atomic mass is 10.1. The Kier molecular flexibility index (Phi) is 4.93. The smallest absolute Gasteiger partial charge is 0.240 e. The zero-order valence-electron chi connectivity index (χ0n) is 14.3. The lowest BCUT2D eigenvalue weighted by Crippen LogP contribution is -2.28. The van der Waals surface area contributed by atoms with Gasteiger partial charge in [0.15, 0.2) is 5.17 Å². The molecule has 1 aromatic heterocycles. The Morgan fingerprint density at radius 2 is 2.00 bits per heavy atom. The number of hydrogen-bond donors (Lipinski definition) is 2. The van der Waals surface area contributed by atoms with Crippen molar-refractivity contribution in [3.05, 3.63) is 66.6 Å². The van der Waals surface area contributed by atoms with Gasteiger partial charge in [0, 0.05) is 12.1 Å². The lowest BCUT2D eigenvalue weighted by molar-refractivity contribution is -0.122. The molecule has 2 N–H and O–H groups in total. The van der Waals surface area contributed by atoms with E-state index in [9.17, 15) is 9.59 Å². The number of carbonyl (C=O) groups is 2. The van der Waals surface area contributed by atoms with Crippen LogP contribution in [0.3, 0.4) is 0 Å². The fourth-order valence-corrected chi connectivity index (χ4v) is 3.78. The molecule has 1 unspecified atom stereocenters. The highest BCUT2D eigenvalue weighted by Crippen LogP contribution is 2.24. The number of hydrogen-bond acceptors (Lipinski definition) is 5. The fraction of sp³-hybridized carbons (Fsp3) is 0.150. The van der Waals surface area contributed by atoms with E-state index in [2.05, 4.69) is 15.6 Å². The number of anilines is 1. The van der Waals surface area contributed by atoms with Gasteiger partial charge in [0.05, 0.1) is 12.8 Å². The van der Waals surface area contributed by atoms with E-state index in [4.69, 9.17) is 4.42 Å². The average Bonchev–Trinajstić information content (AvgIpc) is 3.30. The third-order valence-electron chi connectivity index (χ3n) is 4.14. The Morgan fingerprint density at radius 1 is 1.15 bits per heavy atom. The molecule has 1 atom stereocenters. The van der Waals surface area contributed by atoms with E-state index in [1.165, 1.54) is 11.8 Å². The number of nitrogens with zero attached hydrogens (tertiary/aromatic N) is 1. The molecule has 2 heterocycles. The SMILES string of the molecule is O=C(CC1SC(=NCc2ccco2)NC1=O)Nc1ccc2ccccc2c1. The number of amidine groups is 1. The molecule has 1 aliphatic heterocycles. The summed E-state index contributed by atoms with van der Waals surface area (Å²) in [6.07, 6.45) is 1.67. The molecule has 1 fully saturated rings.